The molecular formula is C17H23BrN2O3S. The van der Waals surface area contributed by atoms with E-state index in [9.17, 15) is 13.2 Å². The fourth-order valence-corrected chi connectivity index (χ4v) is 4.43. The molecule has 2 rings (SSSR count). The number of nitrogens with one attached hydrogen (secondary N) is 1. The molecule has 1 aromatic carbocycles. The van der Waals surface area contributed by atoms with Crippen LogP contribution in [0.4, 0.5) is 0 Å². The van der Waals surface area contributed by atoms with Gasteiger partial charge in [-0.1, -0.05) is 28.1 Å². The van der Waals surface area contributed by atoms with Crippen molar-refractivity contribution in [3.05, 3.63) is 40.9 Å². The van der Waals surface area contributed by atoms with Crippen molar-refractivity contribution >= 4 is 31.9 Å². The molecule has 1 aliphatic carbocycles. The SMILES string of the molecule is NC(=O)CCCC=CC1CCC(NS(=O)(=O)c2ccc(Br)cc2)C1. The molecule has 0 heterocycles. The maximum Gasteiger partial charge on any atom is 0.240 e. The van der Waals surface area contributed by atoms with Gasteiger partial charge < -0.3 is 5.73 Å². The van der Waals surface area contributed by atoms with Crippen LogP contribution in [0.15, 0.2) is 45.8 Å². The van der Waals surface area contributed by atoms with Gasteiger partial charge in [-0.25, -0.2) is 13.1 Å². The quantitative estimate of drug-likeness (QED) is 0.505. The van der Waals surface area contributed by atoms with Crippen molar-refractivity contribution in [1.82, 2.24) is 4.72 Å². The van der Waals surface area contributed by atoms with Gasteiger partial charge in [0.05, 0.1) is 4.90 Å². The molecular weight excluding hydrogens is 392 g/mol. The third kappa shape index (κ3) is 6.03. The van der Waals surface area contributed by atoms with Crippen LogP contribution in [0.1, 0.15) is 38.5 Å². The molecule has 1 fully saturated rings. The average molecular weight is 415 g/mol. The number of carbonyl (C=O) groups excluding carboxylic acids is 1. The van der Waals surface area contributed by atoms with E-state index in [2.05, 4.69) is 32.8 Å². The summed E-state index contributed by atoms with van der Waals surface area (Å²) in [6, 6.07) is 6.61. The fourth-order valence-electron chi connectivity index (χ4n) is 2.88. The number of hydrogen-bond acceptors (Lipinski definition) is 3. The van der Waals surface area contributed by atoms with Gasteiger partial charge in [0.15, 0.2) is 0 Å². The molecule has 0 aromatic heterocycles. The highest BCUT2D eigenvalue weighted by molar-refractivity contribution is 9.10. The van der Waals surface area contributed by atoms with E-state index in [4.69, 9.17) is 5.73 Å². The van der Waals surface area contributed by atoms with Gasteiger partial charge in [0.25, 0.3) is 0 Å². The number of halogens is 1. The summed E-state index contributed by atoms with van der Waals surface area (Å²) in [6.07, 6.45) is 8.82. The van der Waals surface area contributed by atoms with E-state index >= 15 is 0 Å². The Bertz CT molecular complexity index is 686. The predicted octanol–water partition coefficient (Wildman–Crippen LogP) is 3.11. The number of sulfonamides is 1. The Morgan fingerprint density at radius 2 is 2.00 bits per heavy atom. The predicted molar refractivity (Wildman–Crippen MR) is 97.8 cm³/mol. The maximum absolute atomic E-state index is 12.4. The third-order valence-corrected chi connectivity index (χ3v) is 6.19. The molecule has 24 heavy (non-hydrogen) atoms. The normalized spacial score (nSPS) is 21.4. The summed E-state index contributed by atoms with van der Waals surface area (Å²) in [5.74, 6) is 0.114. The molecule has 1 aliphatic rings. The Morgan fingerprint density at radius 1 is 1.29 bits per heavy atom. The molecule has 2 atom stereocenters. The lowest BCUT2D eigenvalue weighted by Crippen LogP contribution is -2.32. The Hall–Kier alpha value is -1.18. The van der Waals surface area contributed by atoms with Gasteiger partial charge in [-0.2, -0.15) is 0 Å². The topological polar surface area (TPSA) is 89.3 Å². The summed E-state index contributed by atoms with van der Waals surface area (Å²) in [7, 11) is -3.47. The molecule has 1 aromatic rings. The Balaban J connectivity index is 1.81. The van der Waals surface area contributed by atoms with Crippen LogP contribution in [0.2, 0.25) is 0 Å². The van der Waals surface area contributed by atoms with E-state index in [-0.39, 0.29) is 16.8 Å². The number of allylic oxidation sites excluding steroid dienone is 2. The zero-order chi connectivity index (χ0) is 17.6. The third-order valence-electron chi connectivity index (χ3n) is 4.12. The molecule has 2 unspecified atom stereocenters. The van der Waals surface area contributed by atoms with Crippen LogP contribution in [-0.4, -0.2) is 20.4 Å². The molecule has 0 spiro atoms. The molecule has 0 bridgehead atoms. The van der Waals surface area contributed by atoms with Gasteiger partial charge in [0.1, 0.15) is 0 Å². The number of rotatable bonds is 8. The van der Waals surface area contributed by atoms with Crippen LogP contribution in [0.5, 0.6) is 0 Å². The lowest BCUT2D eigenvalue weighted by molar-refractivity contribution is -0.118. The molecule has 0 radical (unpaired) electrons. The second-order valence-corrected chi connectivity index (χ2v) is 8.76. The number of benzene rings is 1. The largest absolute Gasteiger partial charge is 0.370 e. The fraction of sp³-hybridized carbons (Fsp3) is 0.471. The molecule has 5 nitrogen and oxygen atoms in total. The van der Waals surface area contributed by atoms with Gasteiger partial charge in [0, 0.05) is 16.9 Å². The number of primary amides is 1. The summed E-state index contributed by atoms with van der Waals surface area (Å²) in [5.41, 5.74) is 5.10. The molecule has 3 N–H and O–H groups in total. The number of unbranched alkanes of at least 4 members (excludes halogenated alkanes) is 1. The van der Waals surface area contributed by atoms with Crippen molar-refractivity contribution in [3.63, 3.8) is 0 Å². The highest BCUT2D eigenvalue weighted by Gasteiger charge is 2.27. The molecule has 7 heteroatoms. The number of nitrogens with two attached hydrogens (primary N) is 1. The van der Waals surface area contributed by atoms with Crippen molar-refractivity contribution in [2.24, 2.45) is 11.7 Å². The van der Waals surface area contributed by atoms with E-state index in [1.165, 1.54) is 0 Å². The van der Waals surface area contributed by atoms with E-state index in [0.29, 0.717) is 12.3 Å². The summed E-state index contributed by atoms with van der Waals surface area (Å²) in [5, 5.41) is 0. The summed E-state index contributed by atoms with van der Waals surface area (Å²) in [4.78, 5) is 10.9. The Labute approximate surface area is 151 Å². The lowest BCUT2D eigenvalue weighted by atomic mass is 10.1. The standard InChI is InChI=1S/C17H23BrN2O3S/c18-14-7-10-16(11-8-14)24(22,23)20-15-9-6-13(12-15)4-2-1-3-5-17(19)21/h2,4,7-8,10-11,13,15,20H,1,3,5-6,9,12H2,(H2,19,21). The van der Waals surface area contributed by atoms with Gasteiger partial charge in [-0.15, -0.1) is 0 Å². The summed E-state index contributed by atoms with van der Waals surface area (Å²) >= 11 is 3.30. The summed E-state index contributed by atoms with van der Waals surface area (Å²) in [6.45, 7) is 0. The average Bonchev–Trinajstić information content (AvgIpc) is 2.93. The lowest BCUT2D eigenvalue weighted by Gasteiger charge is -2.13. The zero-order valence-electron chi connectivity index (χ0n) is 13.4. The van der Waals surface area contributed by atoms with E-state index < -0.39 is 10.0 Å². The van der Waals surface area contributed by atoms with E-state index in [1.807, 2.05) is 0 Å². The minimum absolute atomic E-state index is 0.0288. The smallest absolute Gasteiger partial charge is 0.240 e. The van der Waals surface area contributed by atoms with Crippen molar-refractivity contribution in [3.8, 4) is 0 Å². The molecule has 132 valence electrons. The number of carbonyl (C=O) groups is 1. The van der Waals surface area contributed by atoms with Crippen molar-refractivity contribution in [1.29, 1.82) is 0 Å². The molecule has 1 saturated carbocycles. The van der Waals surface area contributed by atoms with Crippen molar-refractivity contribution in [2.75, 3.05) is 0 Å². The van der Waals surface area contributed by atoms with E-state index in [0.717, 1.165) is 36.6 Å². The van der Waals surface area contributed by atoms with Gasteiger partial charge >= 0.3 is 0 Å². The molecule has 0 aliphatic heterocycles. The van der Waals surface area contributed by atoms with Crippen molar-refractivity contribution in [2.45, 2.75) is 49.5 Å². The van der Waals surface area contributed by atoms with Crippen LogP contribution in [0.3, 0.4) is 0 Å². The first-order chi connectivity index (χ1) is 11.4. The van der Waals surface area contributed by atoms with E-state index in [1.54, 1.807) is 24.3 Å². The Morgan fingerprint density at radius 3 is 2.67 bits per heavy atom. The highest BCUT2D eigenvalue weighted by atomic mass is 79.9. The van der Waals surface area contributed by atoms with Crippen LogP contribution >= 0.6 is 15.9 Å². The van der Waals surface area contributed by atoms with Crippen LogP contribution < -0.4 is 10.5 Å². The van der Waals surface area contributed by atoms with Crippen molar-refractivity contribution < 1.29 is 13.2 Å². The minimum atomic E-state index is -3.47. The first-order valence-corrected chi connectivity index (χ1v) is 10.4. The maximum atomic E-state index is 12.4. The highest BCUT2D eigenvalue weighted by Crippen LogP contribution is 2.28. The second kappa shape index (κ2) is 8.78. The van der Waals surface area contributed by atoms with Gasteiger partial charge in [-0.05, 0) is 62.3 Å². The Kier molecular flexibility index (Phi) is 7.01. The van der Waals surface area contributed by atoms with Crippen LogP contribution in [0.25, 0.3) is 0 Å². The summed E-state index contributed by atoms with van der Waals surface area (Å²) < 4.78 is 28.4. The number of amides is 1. The second-order valence-electron chi connectivity index (χ2n) is 6.13. The van der Waals surface area contributed by atoms with Crippen LogP contribution in [-0.2, 0) is 14.8 Å². The number of hydrogen-bond donors (Lipinski definition) is 2. The van der Waals surface area contributed by atoms with Gasteiger partial charge in [-0.3, -0.25) is 4.79 Å². The molecule has 0 saturated heterocycles. The van der Waals surface area contributed by atoms with Gasteiger partial charge in [0.2, 0.25) is 15.9 Å². The van der Waals surface area contributed by atoms with Crippen LogP contribution in [0, 0.1) is 5.92 Å². The molecule has 1 amide bonds. The monoisotopic (exact) mass is 414 g/mol. The zero-order valence-corrected chi connectivity index (χ0v) is 15.9. The first-order valence-electron chi connectivity index (χ1n) is 8.09. The first kappa shape index (κ1) is 19.1. The minimum Gasteiger partial charge on any atom is -0.370 e.